The van der Waals surface area contributed by atoms with Crippen molar-refractivity contribution in [3.05, 3.63) is 29.8 Å². The van der Waals surface area contributed by atoms with Gasteiger partial charge in [0.25, 0.3) is 0 Å². The Kier molecular flexibility index (Phi) is 8.91. The van der Waals surface area contributed by atoms with Crippen molar-refractivity contribution in [2.24, 2.45) is 4.99 Å². The second-order valence-electron chi connectivity index (χ2n) is 4.88. The molecule has 21 heavy (non-hydrogen) atoms. The van der Waals surface area contributed by atoms with E-state index in [2.05, 4.69) is 22.5 Å². The Labute approximate surface area is 148 Å². The second kappa shape index (κ2) is 10.2. The number of rotatable bonds is 5. The van der Waals surface area contributed by atoms with Gasteiger partial charge in [0.05, 0.1) is 6.54 Å². The highest BCUT2D eigenvalue weighted by Gasteiger charge is 2.15. The first-order valence-electron chi connectivity index (χ1n) is 7.19. The quantitative estimate of drug-likeness (QED) is 0.389. The Morgan fingerprint density at radius 1 is 1.33 bits per heavy atom. The SMILES string of the molecule is CCNC(=NCc1ccc(O)cc1)NCC1CCCS1.I. The maximum absolute atomic E-state index is 9.26. The topological polar surface area (TPSA) is 56.7 Å². The van der Waals surface area contributed by atoms with E-state index in [9.17, 15) is 5.11 Å². The van der Waals surface area contributed by atoms with E-state index in [-0.39, 0.29) is 24.0 Å². The molecule has 4 nitrogen and oxygen atoms in total. The Balaban J connectivity index is 0.00000220. The van der Waals surface area contributed by atoms with Crippen molar-refractivity contribution >= 4 is 41.7 Å². The zero-order valence-corrected chi connectivity index (χ0v) is 15.5. The summed E-state index contributed by atoms with van der Waals surface area (Å²) in [5.74, 6) is 2.45. The van der Waals surface area contributed by atoms with Gasteiger partial charge in [0.15, 0.2) is 5.96 Å². The molecular weight excluding hydrogens is 397 g/mol. The van der Waals surface area contributed by atoms with Gasteiger partial charge in [0.2, 0.25) is 0 Å². The third-order valence-electron chi connectivity index (χ3n) is 3.22. The summed E-state index contributed by atoms with van der Waals surface area (Å²) in [5.41, 5.74) is 1.09. The van der Waals surface area contributed by atoms with Gasteiger partial charge in [-0.05, 0) is 43.2 Å². The van der Waals surface area contributed by atoms with E-state index in [1.54, 1.807) is 12.1 Å². The molecule has 1 aromatic carbocycles. The van der Waals surface area contributed by atoms with E-state index in [1.807, 2.05) is 23.9 Å². The fraction of sp³-hybridized carbons (Fsp3) is 0.533. The summed E-state index contributed by atoms with van der Waals surface area (Å²) in [6.07, 6.45) is 2.63. The monoisotopic (exact) mass is 421 g/mol. The largest absolute Gasteiger partial charge is 0.508 e. The predicted octanol–water partition coefficient (Wildman–Crippen LogP) is 2.96. The summed E-state index contributed by atoms with van der Waals surface area (Å²) in [7, 11) is 0. The molecule has 1 saturated heterocycles. The molecule has 0 spiro atoms. The molecule has 1 atom stereocenters. The number of guanidine groups is 1. The molecule has 0 aromatic heterocycles. The number of aliphatic imine (C=N–C) groups is 1. The Hall–Kier alpha value is -0.630. The van der Waals surface area contributed by atoms with E-state index in [0.29, 0.717) is 17.5 Å². The zero-order chi connectivity index (χ0) is 14.2. The van der Waals surface area contributed by atoms with E-state index in [0.717, 1.165) is 24.6 Å². The first-order valence-corrected chi connectivity index (χ1v) is 8.24. The molecule has 1 fully saturated rings. The molecule has 1 unspecified atom stereocenters. The van der Waals surface area contributed by atoms with Crippen LogP contribution in [0.2, 0.25) is 0 Å². The van der Waals surface area contributed by atoms with Crippen molar-refractivity contribution in [3.63, 3.8) is 0 Å². The van der Waals surface area contributed by atoms with Gasteiger partial charge in [-0.25, -0.2) is 4.99 Å². The van der Waals surface area contributed by atoms with Crippen molar-refractivity contribution in [3.8, 4) is 5.75 Å². The van der Waals surface area contributed by atoms with Crippen molar-refractivity contribution in [1.82, 2.24) is 10.6 Å². The molecule has 6 heteroatoms. The van der Waals surface area contributed by atoms with Crippen molar-refractivity contribution < 1.29 is 5.11 Å². The number of hydrogen-bond donors (Lipinski definition) is 3. The lowest BCUT2D eigenvalue weighted by molar-refractivity contribution is 0.475. The first-order chi connectivity index (χ1) is 9.78. The highest BCUT2D eigenvalue weighted by atomic mass is 127. The minimum atomic E-state index is 0. The van der Waals surface area contributed by atoms with Gasteiger partial charge in [-0.15, -0.1) is 24.0 Å². The number of phenols is 1. The molecule has 118 valence electrons. The van der Waals surface area contributed by atoms with Crippen LogP contribution < -0.4 is 10.6 Å². The third kappa shape index (κ3) is 6.78. The van der Waals surface area contributed by atoms with E-state index < -0.39 is 0 Å². The van der Waals surface area contributed by atoms with Gasteiger partial charge in [-0.2, -0.15) is 11.8 Å². The molecule has 0 radical (unpaired) electrons. The number of nitrogens with zero attached hydrogens (tertiary/aromatic N) is 1. The van der Waals surface area contributed by atoms with Gasteiger partial charge >= 0.3 is 0 Å². The van der Waals surface area contributed by atoms with E-state index in [4.69, 9.17) is 0 Å². The smallest absolute Gasteiger partial charge is 0.191 e. The summed E-state index contributed by atoms with van der Waals surface area (Å²) >= 11 is 2.05. The number of benzene rings is 1. The Morgan fingerprint density at radius 3 is 2.71 bits per heavy atom. The highest BCUT2D eigenvalue weighted by molar-refractivity contribution is 14.0. The second-order valence-corrected chi connectivity index (χ2v) is 6.29. The molecular formula is C15H24IN3OS. The summed E-state index contributed by atoms with van der Waals surface area (Å²) in [6, 6.07) is 7.19. The fourth-order valence-corrected chi connectivity index (χ4v) is 3.33. The lowest BCUT2D eigenvalue weighted by atomic mass is 10.2. The van der Waals surface area contributed by atoms with Gasteiger partial charge in [0.1, 0.15) is 5.75 Å². The van der Waals surface area contributed by atoms with E-state index in [1.165, 1.54) is 18.6 Å². The molecule has 1 aromatic rings. The van der Waals surface area contributed by atoms with Gasteiger partial charge in [-0.3, -0.25) is 0 Å². The van der Waals surface area contributed by atoms with Gasteiger partial charge in [0, 0.05) is 18.3 Å². The van der Waals surface area contributed by atoms with Crippen LogP contribution in [0, 0.1) is 0 Å². The van der Waals surface area contributed by atoms with Crippen molar-refractivity contribution in [2.75, 3.05) is 18.8 Å². The molecule has 1 aliphatic heterocycles. The van der Waals surface area contributed by atoms with Crippen LogP contribution >= 0.6 is 35.7 Å². The Bertz CT molecular complexity index is 433. The van der Waals surface area contributed by atoms with Crippen LogP contribution in [0.4, 0.5) is 0 Å². The maximum atomic E-state index is 9.26. The highest BCUT2D eigenvalue weighted by Crippen LogP contribution is 2.25. The number of aromatic hydroxyl groups is 1. The standard InChI is InChI=1S/C15H23N3OS.HI/c1-2-16-15(18-11-14-4-3-9-20-14)17-10-12-5-7-13(19)8-6-12;/h5-8,14,19H,2-4,9-11H2,1H3,(H2,16,17,18);1H. The first kappa shape index (κ1) is 18.4. The van der Waals surface area contributed by atoms with Crippen molar-refractivity contribution in [2.45, 2.75) is 31.6 Å². The van der Waals surface area contributed by atoms with Crippen molar-refractivity contribution in [1.29, 1.82) is 0 Å². The van der Waals surface area contributed by atoms with Gasteiger partial charge < -0.3 is 15.7 Å². The molecule has 1 aliphatic rings. The molecule has 3 N–H and O–H groups in total. The number of thioether (sulfide) groups is 1. The normalized spacial score (nSPS) is 18.1. The summed E-state index contributed by atoms with van der Waals surface area (Å²) < 4.78 is 0. The fourth-order valence-electron chi connectivity index (χ4n) is 2.13. The summed E-state index contributed by atoms with van der Waals surface area (Å²) in [5, 5.41) is 16.7. The molecule has 1 heterocycles. The van der Waals surface area contributed by atoms with Crippen LogP contribution in [0.5, 0.6) is 5.75 Å². The number of phenolic OH excluding ortho intramolecular Hbond substituents is 1. The zero-order valence-electron chi connectivity index (χ0n) is 12.3. The Morgan fingerprint density at radius 2 is 2.10 bits per heavy atom. The molecule has 0 aliphatic carbocycles. The third-order valence-corrected chi connectivity index (χ3v) is 4.62. The average Bonchev–Trinajstić information content (AvgIpc) is 2.97. The molecule has 0 saturated carbocycles. The minimum absolute atomic E-state index is 0. The molecule has 0 bridgehead atoms. The average molecular weight is 421 g/mol. The summed E-state index contributed by atoms with van der Waals surface area (Å²) in [6.45, 7) is 4.53. The van der Waals surface area contributed by atoms with Crippen LogP contribution in [0.15, 0.2) is 29.3 Å². The van der Waals surface area contributed by atoms with Crippen LogP contribution in [0.25, 0.3) is 0 Å². The summed E-state index contributed by atoms with van der Waals surface area (Å²) in [4.78, 5) is 4.58. The predicted molar refractivity (Wildman–Crippen MR) is 102 cm³/mol. The van der Waals surface area contributed by atoms with Crippen LogP contribution in [0.3, 0.4) is 0 Å². The van der Waals surface area contributed by atoms with Gasteiger partial charge in [-0.1, -0.05) is 12.1 Å². The lowest BCUT2D eigenvalue weighted by Gasteiger charge is -2.14. The molecule has 0 amide bonds. The number of hydrogen-bond acceptors (Lipinski definition) is 3. The minimum Gasteiger partial charge on any atom is -0.508 e. The van der Waals surface area contributed by atoms with E-state index >= 15 is 0 Å². The van der Waals surface area contributed by atoms with Crippen LogP contribution in [0.1, 0.15) is 25.3 Å². The lowest BCUT2D eigenvalue weighted by Crippen LogP contribution is -2.40. The number of nitrogens with one attached hydrogen (secondary N) is 2. The number of halogens is 1. The molecule has 2 rings (SSSR count). The van der Waals surface area contributed by atoms with Crippen LogP contribution in [-0.2, 0) is 6.54 Å². The maximum Gasteiger partial charge on any atom is 0.191 e. The van der Waals surface area contributed by atoms with Crippen LogP contribution in [-0.4, -0.2) is 35.2 Å².